The fourth-order valence-corrected chi connectivity index (χ4v) is 7.02. The third-order valence-corrected chi connectivity index (χ3v) is 9.33. The summed E-state index contributed by atoms with van der Waals surface area (Å²) in [4.78, 5) is 34.0. The number of hydrogen-bond donors (Lipinski definition) is 0. The largest absolute Gasteiger partial charge is 0.459 e. The van der Waals surface area contributed by atoms with E-state index < -0.39 is 12.0 Å². The molecule has 0 aliphatic carbocycles. The zero-order chi connectivity index (χ0) is 31.0. The summed E-state index contributed by atoms with van der Waals surface area (Å²) in [7, 11) is 0. The molecule has 0 spiro atoms. The van der Waals surface area contributed by atoms with E-state index in [1.54, 1.807) is 37.1 Å². The van der Waals surface area contributed by atoms with E-state index in [1.807, 2.05) is 91.3 Å². The number of benzene rings is 3. The molecule has 0 unspecified atom stereocenters. The zero-order valence-corrected chi connectivity index (χ0v) is 26.4. The molecule has 2 aromatic heterocycles. The Morgan fingerprint density at radius 3 is 2.57 bits per heavy atom. The number of carbonyl (C=O) groups excluding carboxylic acids is 1. The molecule has 0 fully saturated rings. The lowest BCUT2D eigenvalue weighted by Gasteiger charge is -2.25. The molecule has 0 saturated carbocycles. The molecule has 9 heteroatoms. The SMILES string of the molecule is CSc1ccc([C@H]2C(C(=O)OC(C)C)=C(C)N=c3s/c(=C/c4cn(Cc5ccccc5C#N)c5ccccc45)c(=O)n32)cc1. The number of thioether (sulfide) groups is 1. The van der Waals surface area contributed by atoms with Crippen molar-refractivity contribution >= 4 is 46.0 Å². The molecule has 0 radical (unpaired) electrons. The van der Waals surface area contributed by atoms with Crippen LogP contribution in [-0.2, 0) is 16.1 Å². The lowest BCUT2D eigenvalue weighted by molar-refractivity contribution is -0.143. The zero-order valence-electron chi connectivity index (χ0n) is 24.8. The average molecular weight is 619 g/mol. The van der Waals surface area contributed by atoms with Crippen LogP contribution in [0.1, 0.15) is 49.1 Å². The van der Waals surface area contributed by atoms with Crippen LogP contribution in [-0.4, -0.2) is 27.5 Å². The Kier molecular flexibility index (Phi) is 8.13. The van der Waals surface area contributed by atoms with Gasteiger partial charge >= 0.3 is 5.97 Å². The van der Waals surface area contributed by atoms with Crippen LogP contribution in [0.5, 0.6) is 0 Å². The number of carbonyl (C=O) groups is 1. The number of allylic oxidation sites excluding steroid dienone is 1. The molecule has 0 amide bonds. The highest BCUT2D eigenvalue weighted by molar-refractivity contribution is 7.98. The number of hydrogen-bond acceptors (Lipinski definition) is 7. The number of para-hydroxylation sites is 1. The quantitative estimate of drug-likeness (QED) is 0.170. The maximum atomic E-state index is 14.2. The molecular weight excluding hydrogens is 589 g/mol. The summed E-state index contributed by atoms with van der Waals surface area (Å²) >= 11 is 2.94. The number of thiazole rings is 1. The number of ether oxygens (including phenoxy) is 1. The first-order chi connectivity index (χ1) is 21.3. The first kappa shape index (κ1) is 29.4. The van der Waals surface area contributed by atoms with Crippen LogP contribution >= 0.6 is 23.1 Å². The predicted molar refractivity (Wildman–Crippen MR) is 175 cm³/mol. The molecule has 5 aromatic rings. The van der Waals surface area contributed by atoms with Crippen LogP contribution in [0.3, 0.4) is 0 Å². The molecule has 3 heterocycles. The first-order valence-corrected chi connectivity index (χ1v) is 16.3. The molecule has 1 aliphatic heterocycles. The van der Waals surface area contributed by atoms with E-state index in [1.165, 1.54) is 11.3 Å². The first-order valence-electron chi connectivity index (χ1n) is 14.2. The molecule has 0 bridgehead atoms. The van der Waals surface area contributed by atoms with Crippen molar-refractivity contribution in [3.05, 3.63) is 132 Å². The molecule has 3 aromatic carbocycles. The summed E-state index contributed by atoms with van der Waals surface area (Å²) in [6.45, 7) is 5.93. The second-order valence-electron chi connectivity index (χ2n) is 10.8. The minimum Gasteiger partial charge on any atom is -0.459 e. The molecule has 0 N–H and O–H groups in total. The van der Waals surface area contributed by atoms with E-state index in [9.17, 15) is 14.9 Å². The third kappa shape index (κ3) is 5.43. The number of rotatable bonds is 7. The van der Waals surface area contributed by atoms with E-state index >= 15 is 0 Å². The molecule has 6 rings (SSSR count). The molecule has 1 aliphatic rings. The van der Waals surface area contributed by atoms with Crippen molar-refractivity contribution in [2.45, 2.75) is 44.4 Å². The average Bonchev–Trinajstić information content (AvgIpc) is 3.52. The fourth-order valence-electron chi connectivity index (χ4n) is 5.57. The van der Waals surface area contributed by atoms with Crippen LogP contribution in [0.15, 0.2) is 105 Å². The van der Waals surface area contributed by atoms with Gasteiger partial charge in [0.25, 0.3) is 5.56 Å². The van der Waals surface area contributed by atoms with Crippen molar-refractivity contribution in [3.8, 4) is 6.07 Å². The van der Waals surface area contributed by atoms with Crippen molar-refractivity contribution in [3.63, 3.8) is 0 Å². The van der Waals surface area contributed by atoms with Gasteiger partial charge < -0.3 is 9.30 Å². The van der Waals surface area contributed by atoms with E-state index in [0.717, 1.165) is 32.5 Å². The molecule has 220 valence electrons. The smallest absolute Gasteiger partial charge is 0.338 e. The Balaban J connectivity index is 1.51. The van der Waals surface area contributed by atoms with Crippen LogP contribution in [0.2, 0.25) is 0 Å². The molecular formula is C35H30N4O3S2. The van der Waals surface area contributed by atoms with Gasteiger partial charge in [-0.2, -0.15) is 5.26 Å². The van der Waals surface area contributed by atoms with Gasteiger partial charge in [-0.1, -0.05) is 59.9 Å². The van der Waals surface area contributed by atoms with Crippen molar-refractivity contribution in [1.29, 1.82) is 5.26 Å². The van der Waals surface area contributed by atoms with Gasteiger partial charge in [0, 0.05) is 34.1 Å². The number of fused-ring (bicyclic) bond motifs is 2. The standard InChI is InChI=1S/C35H30N4O3S2/c1-21(2)42-34(41)31-22(3)37-35-39(32(31)23-13-15-27(43-4)16-14-23)33(40)30(44-35)17-26-20-38(29-12-8-7-11-28(26)29)19-25-10-6-5-9-24(25)18-36/h5-17,20-21,32H,19H2,1-4H3/b30-17+/t32-/m0/s1. The van der Waals surface area contributed by atoms with Crippen LogP contribution < -0.4 is 14.9 Å². The highest BCUT2D eigenvalue weighted by Gasteiger charge is 2.33. The number of nitriles is 1. The highest BCUT2D eigenvalue weighted by Crippen LogP contribution is 2.32. The summed E-state index contributed by atoms with van der Waals surface area (Å²) in [5.74, 6) is -0.477. The van der Waals surface area contributed by atoms with Crippen LogP contribution in [0.4, 0.5) is 0 Å². The normalized spacial score (nSPS) is 14.9. The maximum Gasteiger partial charge on any atom is 0.338 e. The van der Waals surface area contributed by atoms with E-state index in [-0.39, 0.29) is 11.7 Å². The van der Waals surface area contributed by atoms with Gasteiger partial charge in [0.1, 0.15) is 0 Å². The van der Waals surface area contributed by atoms with E-state index in [4.69, 9.17) is 9.73 Å². The van der Waals surface area contributed by atoms with Crippen LogP contribution in [0, 0.1) is 11.3 Å². The van der Waals surface area contributed by atoms with E-state index in [2.05, 4.69) is 10.6 Å². The monoisotopic (exact) mass is 618 g/mol. The number of aromatic nitrogens is 2. The Bertz CT molecular complexity index is 2160. The van der Waals surface area contributed by atoms with Crippen molar-refractivity contribution in [2.24, 2.45) is 4.99 Å². The third-order valence-electron chi connectivity index (χ3n) is 7.60. The Morgan fingerprint density at radius 1 is 1.11 bits per heavy atom. The molecule has 0 saturated heterocycles. The van der Waals surface area contributed by atoms with Gasteiger partial charge in [-0.25, -0.2) is 9.79 Å². The van der Waals surface area contributed by atoms with Gasteiger partial charge in [0.05, 0.1) is 39.6 Å². The summed E-state index contributed by atoms with van der Waals surface area (Å²) in [5, 5.41) is 10.6. The fraction of sp³-hybridized carbons (Fsp3) is 0.200. The summed E-state index contributed by atoms with van der Waals surface area (Å²) < 4.78 is 9.87. The maximum absolute atomic E-state index is 14.2. The Morgan fingerprint density at radius 2 is 1.84 bits per heavy atom. The summed E-state index contributed by atoms with van der Waals surface area (Å²) in [5.41, 5.74) is 4.93. The van der Waals surface area contributed by atoms with Gasteiger partial charge in [-0.3, -0.25) is 9.36 Å². The molecule has 7 nitrogen and oxygen atoms in total. The Hall–Kier alpha value is -4.65. The lowest BCUT2D eigenvalue weighted by Crippen LogP contribution is -2.40. The lowest BCUT2D eigenvalue weighted by atomic mass is 9.96. The van der Waals surface area contributed by atoms with Crippen molar-refractivity contribution < 1.29 is 9.53 Å². The van der Waals surface area contributed by atoms with Gasteiger partial charge in [0.15, 0.2) is 4.80 Å². The van der Waals surface area contributed by atoms with Crippen molar-refractivity contribution in [1.82, 2.24) is 9.13 Å². The second kappa shape index (κ2) is 12.2. The van der Waals surface area contributed by atoms with Crippen molar-refractivity contribution in [2.75, 3.05) is 6.26 Å². The minimum absolute atomic E-state index is 0.221. The highest BCUT2D eigenvalue weighted by atomic mass is 32.2. The topological polar surface area (TPSA) is 89.4 Å². The summed E-state index contributed by atoms with van der Waals surface area (Å²) in [6, 6.07) is 25.1. The van der Waals surface area contributed by atoms with E-state index in [0.29, 0.717) is 32.7 Å². The molecule has 44 heavy (non-hydrogen) atoms. The second-order valence-corrected chi connectivity index (χ2v) is 12.7. The predicted octanol–water partition coefficient (Wildman–Crippen LogP) is 5.78. The Labute approximate surface area is 263 Å². The van der Waals surface area contributed by atoms with Gasteiger partial charge in [-0.15, -0.1) is 11.8 Å². The van der Waals surface area contributed by atoms with Gasteiger partial charge in [0.2, 0.25) is 0 Å². The van der Waals surface area contributed by atoms with Crippen LogP contribution in [0.25, 0.3) is 17.0 Å². The van der Waals surface area contributed by atoms with Gasteiger partial charge in [-0.05, 0) is 68.5 Å². The number of nitrogens with zero attached hydrogens (tertiary/aromatic N) is 4. The molecule has 1 atom stereocenters. The minimum atomic E-state index is -0.667. The number of esters is 1. The summed E-state index contributed by atoms with van der Waals surface area (Å²) in [6.07, 6.45) is 5.61.